The van der Waals surface area contributed by atoms with Crippen LogP contribution in [-0.4, -0.2) is 16.5 Å². The molecule has 3 rings (SSSR count). The first-order valence-corrected chi connectivity index (χ1v) is 7.12. The first kappa shape index (κ1) is 14.4. The smallest absolute Gasteiger partial charge is 0.316 e. The Labute approximate surface area is 128 Å². The van der Waals surface area contributed by atoms with E-state index in [1.54, 1.807) is 24.4 Å². The van der Waals surface area contributed by atoms with Crippen molar-refractivity contribution >= 4 is 5.91 Å². The van der Waals surface area contributed by atoms with Gasteiger partial charge < -0.3 is 4.74 Å². The predicted molar refractivity (Wildman–Crippen MR) is 82.0 cm³/mol. The number of benzene rings is 1. The third-order valence-electron chi connectivity index (χ3n) is 3.84. The van der Waals surface area contributed by atoms with Crippen LogP contribution in [0.15, 0.2) is 47.8 Å². The van der Waals surface area contributed by atoms with Gasteiger partial charge in [-0.15, -0.1) is 4.91 Å². The van der Waals surface area contributed by atoms with Crippen molar-refractivity contribution in [1.29, 1.82) is 0 Å². The Balaban J connectivity index is 2.12. The molecule has 2 aromatic rings. The summed E-state index contributed by atoms with van der Waals surface area (Å²) in [7, 11) is 0. The first-order valence-electron chi connectivity index (χ1n) is 7.12. The lowest BCUT2D eigenvalue weighted by Gasteiger charge is -2.37. The van der Waals surface area contributed by atoms with E-state index in [-0.39, 0.29) is 17.1 Å². The van der Waals surface area contributed by atoms with E-state index in [1.165, 1.54) is 0 Å². The Morgan fingerprint density at radius 1 is 1.32 bits per heavy atom. The molecule has 2 heterocycles. The summed E-state index contributed by atoms with van der Waals surface area (Å²) in [5, 5.41) is 2.49. The van der Waals surface area contributed by atoms with E-state index in [2.05, 4.69) is 10.2 Å². The van der Waals surface area contributed by atoms with Gasteiger partial charge in [0.25, 0.3) is 0 Å². The summed E-state index contributed by atoms with van der Waals surface area (Å²) in [5.74, 6) is -0.0406. The molecule has 5 nitrogen and oxygen atoms in total. The van der Waals surface area contributed by atoms with E-state index >= 15 is 0 Å². The molecule has 1 unspecified atom stereocenters. The normalized spacial score (nSPS) is 18.9. The third-order valence-corrected chi connectivity index (χ3v) is 3.84. The topological polar surface area (TPSA) is 68.6 Å². The highest BCUT2D eigenvalue weighted by atomic mass is 16.5. The van der Waals surface area contributed by atoms with Crippen LogP contribution in [0.2, 0.25) is 0 Å². The molecule has 22 heavy (non-hydrogen) atoms. The molecule has 112 valence electrons. The van der Waals surface area contributed by atoms with Gasteiger partial charge >= 0.3 is 5.91 Å². The number of pyridine rings is 1. The first-order chi connectivity index (χ1) is 10.5. The molecule has 0 aliphatic carbocycles. The van der Waals surface area contributed by atoms with Crippen LogP contribution < -0.4 is 4.74 Å². The van der Waals surface area contributed by atoms with Gasteiger partial charge in [-0.2, -0.15) is 0 Å². The van der Waals surface area contributed by atoms with Gasteiger partial charge in [-0.1, -0.05) is 6.07 Å². The van der Waals surface area contributed by atoms with Crippen molar-refractivity contribution in [2.45, 2.75) is 31.8 Å². The van der Waals surface area contributed by atoms with Gasteiger partial charge in [0, 0.05) is 34.1 Å². The minimum atomic E-state index is -0.771. The maximum Gasteiger partial charge on any atom is 0.316 e. The molecule has 1 aromatic carbocycles. The molecule has 1 aliphatic heterocycles. The molecule has 1 amide bonds. The number of carbonyl (C=O) groups excluding carboxylic acids is 1. The SMILES string of the molecule is CC1(C)CC(c2ccccn2)c2cc(C(=O)N=O)ccc2O1. The maximum atomic E-state index is 11.5. The molecule has 0 N–H and O–H groups in total. The lowest BCUT2D eigenvalue weighted by molar-refractivity contribution is 0.0768. The largest absolute Gasteiger partial charge is 0.488 e. The standard InChI is InChI=1S/C17H16N2O3/c1-17(2)10-13(14-5-3-4-8-18-14)12-9-11(16(20)19-21)6-7-15(12)22-17/h3-9,13H,10H2,1-2H3. The fourth-order valence-corrected chi connectivity index (χ4v) is 2.89. The lowest BCUT2D eigenvalue weighted by Crippen LogP contribution is -2.35. The molecular formula is C17H16N2O3. The van der Waals surface area contributed by atoms with Gasteiger partial charge in [0.1, 0.15) is 11.4 Å². The van der Waals surface area contributed by atoms with Crippen LogP contribution in [0.4, 0.5) is 0 Å². The fraction of sp³-hybridized carbons (Fsp3) is 0.294. The Bertz CT molecular complexity index is 726. The summed E-state index contributed by atoms with van der Waals surface area (Å²) in [6.45, 7) is 4.05. The zero-order chi connectivity index (χ0) is 15.7. The van der Waals surface area contributed by atoms with Crippen molar-refractivity contribution in [3.63, 3.8) is 0 Å². The van der Waals surface area contributed by atoms with Gasteiger partial charge in [-0.25, -0.2) is 0 Å². The highest BCUT2D eigenvalue weighted by molar-refractivity contribution is 5.95. The maximum absolute atomic E-state index is 11.5. The van der Waals surface area contributed by atoms with Gasteiger partial charge in [0.2, 0.25) is 0 Å². The minimum Gasteiger partial charge on any atom is -0.488 e. The monoisotopic (exact) mass is 296 g/mol. The number of hydrogen-bond acceptors (Lipinski definition) is 4. The number of nitrogens with zero attached hydrogens (tertiary/aromatic N) is 2. The average molecular weight is 296 g/mol. The summed E-state index contributed by atoms with van der Waals surface area (Å²) >= 11 is 0. The summed E-state index contributed by atoms with van der Waals surface area (Å²) < 4.78 is 5.99. The van der Waals surface area contributed by atoms with Crippen LogP contribution in [-0.2, 0) is 0 Å². The number of hydrogen-bond donors (Lipinski definition) is 0. The van der Waals surface area contributed by atoms with E-state index in [0.717, 1.165) is 17.7 Å². The number of rotatable bonds is 2. The zero-order valence-electron chi connectivity index (χ0n) is 12.4. The van der Waals surface area contributed by atoms with Crippen LogP contribution in [0.3, 0.4) is 0 Å². The van der Waals surface area contributed by atoms with Crippen LogP contribution in [0.1, 0.15) is 47.8 Å². The summed E-state index contributed by atoms with van der Waals surface area (Å²) in [6.07, 6.45) is 2.49. The third kappa shape index (κ3) is 2.62. The van der Waals surface area contributed by atoms with Crippen molar-refractivity contribution in [2.24, 2.45) is 5.18 Å². The summed E-state index contributed by atoms with van der Waals surface area (Å²) in [5.41, 5.74) is 1.73. The molecule has 1 aromatic heterocycles. The average Bonchev–Trinajstić information content (AvgIpc) is 2.53. The van der Waals surface area contributed by atoms with Crippen molar-refractivity contribution in [3.05, 3.63) is 64.3 Å². The molecule has 1 atom stereocenters. The van der Waals surface area contributed by atoms with Crippen molar-refractivity contribution in [1.82, 2.24) is 4.98 Å². The van der Waals surface area contributed by atoms with E-state index in [9.17, 15) is 9.70 Å². The van der Waals surface area contributed by atoms with Crippen molar-refractivity contribution in [2.75, 3.05) is 0 Å². The number of aromatic nitrogens is 1. The van der Waals surface area contributed by atoms with Gasteiger partial charge in [-0.3, -0.25) is 9.78 Å². The van der Waals surface area contributed by atoms with Crippen molar-refractivity contribution in [3.8, 4) is 5.75 Å². The lowest BCUT2D eigenvalue weighted by atomic mass is 9.81. The van der Waals surface area contributed by atoms with Crippen LogP contribution in [0, 0.1) is 4.91 Å². The molecule has 0 saturated heterocycles. The van der Waals surface area contributed by atoms with Gasteiger partial charge in [0.15, 0.2) is 0 Å². The van der Waals surface area contributed by atoms with Crippen LogP contribution >= 0.6 is 0 Å². The summed E-state index contributed by atoms with van der Waals surface area (Å²) in [6, 6.07) is 10.7. The second-order valence-corrected chi connectivity index (χ2v) is 6.02. The van der Waals surface area contributed by atoms with Crippen molar-refractivity contribution < 1.29 is 9.53 Å². The highest BCUT2D eigenvalue weighted by Crippen LogP contribution is 2.43. The van der Waals surface area contributed by atoms with Crippen LogP contribution in [0.5, 0.6) is 5.75 Å². The highest BCUT2D eigenvalue weighted by Gasteiger charge is 2.35. The number of amides is 1. The number of nitroso groups, excluding NO2 is 1. The molecule has 0 radical (unpaired) electrons. The Morgan fingerprint density at radius 2 is 2.14 bits per heavy atom. The summed E-state index contributed by atoms with van der Waals surface area (Å²) in [4.78, 5) is 26.5. The Kier molecular flexibility index (Phi) is 3.48. The second kappa shape index (κ2) is 5.33. The molecule has 1 aliphatic rings. The van der Waals surface area contributed by atoms with Crippen LogP contribution in [0.25, 0.3) is 0 Å². The molecule has 0 fully saturated rings. The molecular weight excluding hydrogens is 280 g/mol. The molecule has 5 heteroatoms. The molecule has 0 saturated carbocycles. The van der Waals surface area contributed by atoms with Gasteiger partial charge in [-0.05, 0) is 50.6 Å². The predicted octanol–water partition coefficient (Wildman–Crippen LogP) is 3.68. The van der Waals surface area contributed by atoms with E-state index in [4.69, 9.17) is 4.74 Å². The minimum absolute atomic E-state index is 0.0133. The van der Waals surface area contributed by atoms with E-state index in [0.29, 0.717) is 5.75 Å². The Hall–Kier alpha value is -2.56. The number of ether oxygens (including phenoxy) is 1. The number of fused-ring (bicyclic) bond motifs is 1. The Morgan fingerprint density at radius 3 is 2.82 bits per heavy atom. The van der Waals surface area contributed by atoms with Gasteiger partial charge in [0.05, 0.1) is 0 Å². The quantitative estimate of drug-likeness (QED) is 0.793. The molecule has 0 bridgehead atoms. The van der Waals surface area contributed by atoms with E-state index in [1.807, 2.05) is 32.0 Å². The second-order valence-electron chi connectivity index (χ2n) is 6.02. The fourth-order valence-electron chi connectivity index (χ4n) is 2.89. The van der Waals surface area contributed by atoms with E-state index < -0.39 is 5.91 Å². The molecule has 0 spiro atoms. The zero-order valence-corrected chi connectivity index (χ0v) is 12.4. The number of carbonyl (C=O) groups is 1.